The van der Waals surface area contributed by atoms with Gasteiger partial charge < -0.3 is 18.3 Å². The summed E-state index contributed by atoms with van der Waals surface area (Å²) in [6.45, 7) is 3.51. The van der Waals surface area contributed by atoms with Crippen molar-refractivity contribution in [1.29, 1.82) is 0 Å². The minimum atomic E-state index is -3.83. The fourth-order valence-corrected chi connectivity index (χ4v) is 3.53. The van der Waals surface area contributed by atoms with Gasteiger partial charge in [-0.3, -0.25) is 0 Å². The van der Waals surface area contributed by atoms with Gasteiger partial charge in [0.25, 0.3) is 5.95 Å². The highest BCUT2D eigenvalue weighted by Gasteiger charge is 2.24. The number of hydrogen-bond acceptors (Lipinski definition) is 7. The molecule has 0 N–H and O–H groups in total. The summed E-state index contributed by atoms with van der Waals surface area (Å²) in [5.41, 5.74) is 0.237. The summed E-state index contributed by atoms with van der Waals surface area (Å²) in [6.07, 6.45) is 0. The average Bonchev–Trinajstić information content (AvgIpc) is 3.05. The highest BCUT2D eigenvalue weighted by Crippen LogP contribution is 2.38. The maximum atomic E-state index is 12.7. The van der Waals surface area contributed by atoms with Crippen molar-refractivity contribution in [3.05, 3.63) is 59.5 Å². The predicted molar refractivity (Wildman–Crippen MR) is 77.0 cm³/mol. The zero-order valence-corrected chi connectivity index (χ0v) is 12.3. The predicted octanol–water partition coefficient (Wildman–Crippen LogP) is 2.46. The van der Waals surface area contributed by atoms with Crippen LogP contribution in [0.25, 0.3) is 11.2 Å². The standard InChI is InChI=1S/C15H8O7S/c1-8-19-11-4-2-9(6-13(11)20-8)23(17,18)10-3-5-12-14(7-10)22-15(16)21-12/h2-7H,1H2. The summed E-state index contributed by atoms with van der Waals surface area (Å²) in [6, 6.07) is 8.15. The van der Waals surface area contributed by atoms with Crippen LogP contribution >= 0.6 is 0 Å². The van der Waals surface area contributed by atoms with Gasteiger partial charge in [-0.15, -0.1) is 0 Å². The lowest BCUT2D eigenvalue weighted by molar-refractivity contribution is 0.290. The molecule has 0 radical (unpaired) electrons. The van der Waals surface area contributed by atoms with Crippen LogP contribution in [0.5, 0.6) is 11.5 Å². The number of benzene rings is 2. The monoisotopic (exact) mass is 332 g/mol. The molecule has 2 aromatic carbocycles. The first kappa shape index (κ1) is 13.6. The van der Waals surface area contributed by atoms with Crippen molar-refractivity contribution in [2.45, 2.75) is 9.79 Å². The molecule has 3 aromatic rings. The van der Waals surface area contributed by atoms with Gasteiger partial charge in [-0.25, -0.2) is 13.2 Å². The summed E-state index contributed by atoms with van der Waals surface area (Å²) in [5.74, 6) is -0.149. The molecule has 1 aliphatic heterocycles. The summed E-state index contributed by atoms with van der Waals surface area (Å²) in [7, 11) is -3.83. The number of fused-ring (bicyclic) bond motifs is 2. The largest absolute Gasteiger partial charge is 0.519 e. The minimum absolute atomic E-state index is 0.0136. The van der Waals surface area contributed by atoms with Crippen molar-refractivity contribution in [2.75, 3.05) is 0 Å². The van der Waals surface area contributed by atoms with Gasteiger partial charge >= 0.3 is 5.82 Å². The fourth-order valence-electron chi connectivity index (χ4n) is 2.24. The first-order chi connectivity index (χ1) is 10.9. The molecule has 0 spiro atoms. The molecule has 0 saturated carbocycles. The van der Waals surface area contributed by atoms with Crippen LogP contribution in [0.2, 0.25) is 0 Å². The molecule has 8 heteroatoms. The maximum absolute atomic E-state index is 12.7. The molecular formula is C15H8O7S. The van der Waals surface area contributed by atoms with Gasteiger partial charge in [-0.1, -0.05) is 0 Å². The SMILES string of the molecule is C=C1Oc2ccc(S(=O)(=O)c3ccc4oc(=O)oc4c3)cc2O1. The fraction of sp³-hybridized carbons (Fsp3) is 0. The van der Waals surface area contributed by atoms with Crippen LogP contribution in [0, 0.1) is 0 Å². The molecule has 0 fully saturated rings. The molecule has 2 heterocycles. The van der Waals surface area contributed by atoms with E-state index in [-0.39, 0.29) is 32.7 Å². The third kappa shape index (κ3) is 2.11. The van der Waals surface area contributed by atoms with Gasteiger partial charge in [-0.2, -0.15) is 0 Å². The Morgan fingerprint density at radius 1 is 0.826 bits per heavy atom. The number of sulfone groups is 1. The van der Waals surface area contributed by atoms with E-state index in [1.165, 1.54) is 36.4 Å². The Morgan fingerprint density at radius 3 is 2.30 bits per heavy atom. The highest BCUT2D eigenvalue weighted by atomic mass is 32.2. The van der Waals surface area contributed by atoms with Crippen LogP contribution in [0.4, 0.5) is 0 Å². The third-order valence-electron chi connectivity index (χ3n) is 3.29. The van der Waals surface area contributed by atoms with Gasteiger partial charge in [0, 0.05) is 12.1 Å². The molecule has 0 bridgehead atoms. The lowest BCUT2D eigenvalue weighted by atomic mass is 10.3. The van der Waals surface area contributed by atoms with E-state index < -0.39 is 15.7 Å². The van der Waals surface area contributed by atoms with Crippen molar-refractivity contribution in [3.63, 3.8) is 0 Å². The van der Waals surface area contributed by atoms with Crippen LogP contribution in [-0.4, -0.2) is 8.42 Å². The first-order valence-corrected chi connectivity index (χ1v) is 7.89. The Bertz CT molecular complexity index is 1120. The Kier molecular flexibility index (Phi) is 2.67. The van der Waals surface area contributed by atoms with E-state index in [0.717, 1.165) is 0 Å². The Morgan fingerprint density at radius 2 is 1.48 bits per heavy atom. The molecule has 7 nitrogen and oxygen atoms in total. The van der Waals surface area contributed by atoms with Gasteiger partial charge in [0.2, 0.25) is 9.84 Å². The van der Waals surface area contributed by atoms with Crippen molar-refractivity contribution in [2.24, 2.45) is 0 Å². The normalized spacial score (nSPS) is 13.7. The topological polar surface area (TPSA) is 96.0 Å². The molecule has 4 rings (SSSR count). The summed E-state index contributed by atoms with van der Waals surface area (Å²) in [4.78, 5) is 11.0. The Balaban J connectivity index is 1.84. The quantitative estimate of drug-likeness (QED) is 0.711. The van der Waals surface area contributed by atoms with E-state index >= 15 is 0 Å². The first-order valence-electron chi connectivity index (χ1n) is 6.41. The Hall–Kier alpha value is -3.00. The van der Waals surface area contributed by atoms with Gasteiger partial charge in [0.05, 0.1) is 9.79 Å². The van der Waals surface area contributed by atoms with Gasteiger partial charge in [-0.05, 0) is 30.8 Å². The van der Waals surface area contributed by atoms with Crippen molar-refractivity contribution < 1.29 is 26.7 Å². The average molecular weight is 332 g/mol. The van der Waals surface area contributed by atoms with Crippen LogP contribution in [0.1, 0.15) is 0 Å². The molecule has 0 atom stereocenters. The summed E-state index contributed by atoms with van der Waals surface area (Å²) in [5, 5.41) is 0. The maximum Gasteiger partial charge on any atom is 0.519 e. The number of hydrogen-bond donors (Lipinski definition) is 0. The highest BCUT2D eigenvalue weighted by molar-refractivity contribution is 7.91. The minimum Gasteiger partial charge on any atom is -0.422 e. The van der Waals surface area contributed by atoms with Crippen molar-refractivity contribution in [1.82, 2.24) is 0 Å². The van der Waals surface area contributed by atoms with Crippen molar-refractivity contribution in [3.8, 4) is 11.5 Å². The van der Waals surface area contributed by atoms with Crippen LogP contribution in [-0.2, 0) is 9.84 Å². The van der Waals surface area contributed by atoms with Gasteiger partial charge in [0.1, 0.15) is 0 Å². The molecule has 0 aliphatic carbocycles. The molecule has 0 amide bonds. The smallest absolute Gasteiger partial charge is 0.422 e. The molecule has 1 aromatic heterocycles. The molecule has 23 heavy (non-hydrogen) atoms. The molecule has 116 valence electrons. The van der Waals surface area contributed by atoms with E-state index in [4.69, 9.17) is 18.3 Å². The van der Waals surface area contributed by atoms with Crippen LogP contribution in [0.3, 0.4) is 0 Å². The van der Waals surface area contributed by atoms with E-state index in [0.29, 0.717) is 5.75 Å². The molecule has 1 aliphatic rings. The van der Waals surface area contributed by atoms with E-state index in [2.05, 4.69) is 6.58 Å². The zero-order valence-electron chi connectivity index (χ0n) is 11.4. The van der Waals surface area contributed by atoms with Crippen LogP contribution in [0.15, 0.2) is 72.3 Å². The second-order valence-corrected chi connectivity index (χ2v) is 6.70. The van der Waals surface area contributed by atoms with Crippen molar-refractivity contribution >= 4 is 21.0 Å². The lowest BCUT2D eigenvalue weighted by Crippen LogP contribution is -2.01. The number of rotatable bonds is 2. The molecular weight excluding hydrogens is 324 g/mol. The van der Waals surface area contributed by atoms with E-state index in [9.17, 15) is 13.2 Å². The van der Waals surface area contributed by atoms with Crippen LogP contribution < -0.4 is 15.3 Å². The third-order valence-corrected chi connectivity index (χ3v) is 5.03. The second kappa shape index (κ2) is 4.50. The molecule has 0 unspecified atom stereocenters. The van der Waals surface area contributed by atoms with Gasteiger partial charge in [0.15, 0.2) is 22.7 Å². The second-order valence-electron chi connectivity index (χ2n) is 4.75. The number of ether oxygens (including phenoxy) is 2. The molecule has 0 saturated heterocycles. The lowest BCUT2D eigenvalue weighted by Gasteiger charge is -2.05. The Labute approximate surface area is 129 Å². The van der Waals surface area contributed by atoms with E-state index in [1.54, 1.807) is 0 Å². The summed E-state index contributed by atoms with van der Waals surface area (Å²) >= 11 is 0. The zero-order chi connectivity index (χ0) is 16.2. The summed E-state index contributed by atoms with van der Waals surface area (Å²) < 4.78 is 45.3. The van der Waals surface area contributed by atoms with E-state index in [1.807, 2.05) is 0 Å².